The first-order valence-electron chi connectivity index (χ1n) is 4.79. The van der Waals surface area contributed by atoms with Crippen molar-refractivity contribution in [1.82, 2.24) is 0 Å². The first-order chi connectivity index (χ1) is 6.37. The number of ketones is 1. The smallest absolute Gasteiger partial charge is 0.227 e. The van der Waals surface area contributed by atoms with E-state index in [0.29, 0.717) is 11.1 Å². The minimum Gasteiger partial charge on any atom is -0.507 e. The molecule has 0 atom stereocenters. The molecule has 3 heteroatoms. The van der Waals surface area contributed by atoms with Gasteiger partial charge in [-0.3, -0.25) is 4.79 Å². The van der Waals surface area contributed by atoms with Crippen LogP contribution in [0, 0.1) is 11.8 Å². The lowest BCUT2D eigenvalue weighted by atomic mass is 9.99. The molecule has 0 bridgehead atoms. The van der Waals surface area contributed by atoms with E-state index < -0.39 is 5.78 Å². The number of carbonyl (C=O) groups is 1. The highest BCUT2D eigenvalue weighted by Crippen LogP contribution is 2.34. The third-order valence-electron chi connectivity index (χ3n) is 2.38. The summed E-state index contributed by atoms with van der Waals surface area (Å²) in [4.78, 5) is 11.5. The molecule has 0 aromatic heterocycles. The van der Waals surface area contributed by atoms with Gasteiger partial charge in [0, 0.05) is 11.1 Å². The molecule has 2 N–H and O–H groups in total. The summed E-state index contributed by atoms with van der Waals surface area (Å²) in [7, 11) is 0. The molecular weight excluding hydrogens is 180 g/mol. The Kier molecular flexibility index (Phi) is 2.69. The lowest BCUT2D eigenvalue weighted by molar-refractivity contribution is -0.114. The molecule has 1 aliphatic rings. The van der Waals surface area contributed by atoms with Crippen molar-refractivity contribution in [2.75, 3.05) is 0 Å². The monoisotopic (exact) mass is 196 g/mol. The Bertz CT molecular complexity index is 332. The van der Waals surface area contributed by atoms with E-state index in [9.17, 15) is 15.0 Å². The molecule has 0 fully saturated rings. The number of hydrogen-bond donors (Lipinski definition) is 2. The lowest BCUT2D eigenvalue weighted by Crippen LogP contribution is -2.07. The van der Waals surface area contributed by atoms with Crippen LogP contribution < -0.4 is 0 Å². The Morgan fingerprint density at radius 3 is 1.50 bits per heavy atom. The standard InChI is InChI=1S/C11H16O3/c1-5(2)7-9(12)8(6(3)4)11(14)10(7)13/h5-6,12H,1-4H3,(H,13,14). The van der Waals surface area contributed by atoms with E-state index >= 15 is 0 Å². The van der Waals surface area contributed by atoms with Crippen LogP contribution in [0.2, 0.25) is 0 Å². The summed E-state index contributed by atoms with van der Waals surface area (Å²) in [6.45, 7) is 7.30. The van der Waals surface area contributed by atoms with Crippen molar-refractivity contribution in [1.29, 1.82) is 0 Å². The average Bonchev–Trinajstić information content (AvgIpc) is 2.23. The molecule has 0 radical (unpaired) electrons. The number of aliphatic hydroxyl groups excluding tert-OH is 2. The number of Topliss-reactive ketones (excluding diaryl/α,β-unsaturated/α-hetero) is 1. The van der Waals surface area contributed by atoms with Gasteiger partial charge in [0.25, 0.3) is 0 Å². The summed E-state index contributed by atoms with van der Waals surface area (Å²) in [5.41, 5.74) is 0.699. The van der Waals surface area contributed by atoms with Crippen LogP contribution in [-0.4, -0.2) is 16.0 Å². The zero-order chi connectivity index (χ0) is 11.0. The number of rotatable bonds is 2. The number of carbonyl (C=O) groups excluding carboxylic acids is 1. The lowest BCUT2D eigenvalue weighted by Gasteiger charge is -2.08. The van der Waals surface area contributed by atoms with Crippen LogP contribution in [0.15, 0.2) is 22.7 Å². The summed E-state index contributed by atoms with van der Waals surface area (Å²) in [6, 6.07) is 0. The van der Waals surface area contributed by atoms with Crippen molar-refractivity contribution < 1.29 is 15.0 Å². The highest BCUT2D eigenvalue weighted by Gasteiger charge is 2.34. The van der Waals surface area contributed by atoms with Crippen LogP contribution in [0.5, 0.6) is 0 Å². The third-order valence-corrected chi connectivity index (χ3v) is 2.38. The van der Waals surface area contributed by atoms with Crippen LogP contribution in [-0.2, 0) is 4.79 Å². The Balaban J connectivity index is 3.25. The summed E-state index contributed by atoms with van der Waals surface area (Å²) < 4.78 is 0. The molecule has 78 valence electrons. The van der Waals surface area contributed by atoms with Crippen molar-refractivity contribution >= 4 is 5.78 Å². The van der Waals surface area contributed by atoms with Crippen molar-refractivity contribution in [2.24, 2.45) is 11.8 Å². The first-order valence-corrected chi connectivity index (χ1v) is 4.79. The van der Waals surface area contributed by atoms with Gasteiger partial charge in [-0.2, -0.15) is 0 Å². The molecule has 0 aliphatic heterocycles. The topological polar surface area (TPSA) is 57.5 Å². The maximum absolute atomic E-state index is 11.5. The van der Waals surface area contributed by atoms with Crippen molar-refractivity contribution in [3.05, 3.63) is 22.7 Å². The molecule has 0 heterocycles. The molecule has 3 nitrogen and oxygen atoms in total. The van der Waals surface area contributed by atoms with Gasteiger partial charge in [0.2, 0.25) is 5.78 Å². The van der Waals surface area contributed by atoms with Crippen LogP contribution in [0.1, 0.15) is 27.7 Å². The highest BCUT2D eigenvalue weighted by molar-refractivity contribution is 6.11. The predicted molar refractivity (Wildman–Crippen MR) is 54.0 cm³/mol. The normalized spacial score (nSPS) is 18.0. The van der Waals surface area contributed by atoms with Gasteiger partial charge in [-0.1, -0.05) is 27.7 Å². The summed E-state index contributed by atoms with van der Waals surface area (Å²) in [5, 5.41) is 19.3. The number of allylic oxidation sites excluding steroid dienone is 2. The van der Waals surface area contributed by atoms with Crippen molar-refractivity contribution in [2.45, 2.75) is 27.7 Å². The quantitative estimate of drug-likeness (QED) is 0.713. The maximum Gasteiger partial charge on any atom is 0.227 e. The Morgan fingerprint density at radius 1 is 0.857 bits per heavy atom. The van der Waals surface area contributed by atoms with Gasteiger partial charge in [0.05, 0.1) is 0 Å². The van der Waals surface area contributed by atoms with Gasteiger partial charge < -0.3 is 10.2 Å². The molecule has 0 aromatic rings. The Hall–Kier alpha value is -1.25. The molecule has 14 heavy (non-hydrogen) atoms. The second-order valence-corrected chi connectivity index (χ2v) is 4.16. The van der Waals surface area contributed by atoms with E-state index in [1.807, 2.05) is 27.7 Å². The maximum atomic E-state index is 11.5. The van der Waals surface area contributed by atoms with Crippen LogP contribution in [0.3, 0.4) is 0 Å². The van der Waals surface area contributed by atoms with Crippen LogP contribution in [0.4, 0.5) is 0 Å². The zero-order valence-electron chi connectivity index (χ0n) is 8.96. The van der Waals surface area contributed by atoms with E-state index in [1.54, 1.807) is 0 Å². The summed E-state index contributed by atoms with van der Waals surface area (Å²) >= 11 is 0. The summed E-state index contributed by atoms with van der Waals surface area (Å²) in [6.07, 6.45) is 0. The highest BCUT2D eigenvalue weighted by atomic mass is 16.3. The molecule has 0 saturated carbocycles. The molecule has 0 unspecified atom stereocenters. The Morgan fingerprint density at radius 2 is 1.29 bits per heavy atom. The first kappa shape index (κ1) is 10.8. The zero-order valence-corrected chi connectivity index (χ0v) is 8.96. The molecule has 0 aromatic carbocycles. The fourth-order valence-corrected chi connectivity index (χ4v) is 1.70. The van der Waals surface area contributed by atoms with E-state index in [2.05, 4.69) is 0 Å². The van der Waals surface area contributed by atoms with Gasteiger partial charge in [0.15, 0.2) is 5.76 Å². The van der Waals surface area contributed by atoms with Gasteiger partial charge >= 0.3 is 0 Å². The number of aliphatic hydroxyl groups is 2. The largest absolute Gasteiger partial charge is 0.507 e. The fourth-order valence-electron chi connectivity index (χ4n) is 1.70. The molecule has 1 rings (SSSR count). The second-order valence-electron chi connectivity index (χ2n) is 4.16. The predicted octanol–water partition coefficient (Wildman–Crippen LogP) is 2.51. The van der Waals surface area contributed by atoms with Crippen LogP contribution >= 0.6 is 0 Å². The molecular formula is C11H16O3. The SMILES string of the molecule is CC(C)C1=C(O)C(C(C)C)=C(O)C1=O. The van der Waals surface area contributed by atoms with E-state index in [4.69, 9.17) is 0 Å². The van der Waals surface area contributed by atoms with E-state index in [0.717, 1.165) is 0 Å². The minimum absolute atomic E-state index is 0.0301. The van der Waals surface area contributed by atoms with E-state index in [-0.39, 0.29) is 23.4 Å². The van der Waals surface area contributed by atoms with Crippen molar-refractivity contribution in [3.63, 3.8) is 0 Å². The van der Waals surface area contributed by atoms with Gasteiger partial charge in [0.1, 0.15) is 5.76 Å². The molecule has 0 saturated heterocycles. The van der Waals surface area contributed by atoms with Gasteiger partial charge in [-0.05, 0) is 11.8 Å². The third kappa shape index (κ3) is 1.43. The second kappa shape index (κ2) is 3.48. The molecule has 0 amide bonds. The van der Waals surface area contributed by atoms with Gasteiger partial charge in [-0.15, -0.1) is 0 Å². The van der Waals surface area contributed by atoms with Crippen molar-refractivity contribution in [3.8, 4) is 0 Å². The minimum atomic E-state index is -0.429. The molecule has 1 aliphatic carbocycles. The van der Waals surface area contributed by atoms with E-state index in [1.165, 1.54) is 0 Å². The van der Waals surface area contributed by atoms with Crippen LogP contribution in [0.25, 0.3) is 0 Å². The summed E-state index contributed by atoms with van der Waals surface area (Å²) in [5.74, 6) is -0.865. The fraction of sp³-hybridized carbons (Fsp3) is 0.545. The van der Waals surface area contributed by atoms with Gasteiger partial charge in [-0.25, -0.2) is 0 Å². The number of hydrogen-bond acceptors (Lipinski definition) is 3. The average molecular weight is 196 g/mol. The molecule has 0 spiro atoms. The Labute approximate surface area is 83.8 Å².